The van der Waals surface area contributed by atoms with E-state index in [0.717, 1.165) is 6.42 Å². The van der Waals surface area contributed by atoms with Gasteiger partial charge in [0.15, 0.2) is 0 Å². The van der Waals surface area contributed by atoms with Crippen LogP contribution in [0.4, 0.5) is 4.39 Å². The van der Waals surface area contributed by atoms with Crippen LogP contribution < -0.4 is 5.32 Å². The summed E-state index contributed by atoms with van der Waals surface area (Å²) in [6.07, 6.45) is 0.753. The van der Waals surface area contributed by atoms with Crippen molar-refractivity contribution in [3.8, 4) is 0 Å². The molecule has 4 heteroatoms. The van der Waals surface area contributed by atoms with Crippen LogP contribution in [0.3, 0.4) is 0 Å². The quantitative estimate of drug-likeness (QED) is 0.882. The highest BCUT2D eigenvalue weighted by Gasteiger charge is 2.44. The lowest BCUT2D eigenvalue weighted by Crippen LogP contribution is -2.38. The van der Waals surface area contributed by atoms with E-state index < -0.39 is 0 Å². The van der Waals surface area contributed by atoms with Crippen LogP contribution >= 0.6 is 0 Å². The van der Waals surface area contributed by atoms with Gasteiger partial charge in [0.2, 0.25) is 5.91 Å². The Morgan fingerprint density at radius 1 is 1.47 bits per heavy atom. The summed E-state index contributed by atoms with van der Waals surface area (Å²) in [4.78, 5) is 14.0. The van der Waals surface area contributed by atoms with Crippen molar-refractivity contribution in [2.75, 3.05) is 20.6 Å². The lowest BCUT2D eigenvalue weighted by Gasteiger charge is -2.20. The fraction of sp³-hybridized carbons (Fsp3) is 0.533. The molecule has 0 saturated heterocycles. The zero-order valence-electron chi connectivity index (χ0n) is 11.7. The first-order valence-corrected chi connectivity index (χ1v) is 6.69. The van der Waals surface area contributed by atoms with Crippen molar-refractivity contribution in [3.63, 3.8) is 0 Å². The van der Waals surface area contributed by atoms with Crippen molar-refractivity contribution >= 4 is 5.91 Å². The SMILES string of the molecule is C[C@H](CNC(=O)[C@@H]1C[C@@H]1c1ccccc1F)N(C)C. The van der Waals surface area contributed by atoms with Gasteiger partial charge in [0.1, 0.15) is 5.82 Å². The largest absolute Gasteiger partial charge is 0.354 e. The molecule has 1 aliphatic carbocycles. The van der Waals surface area contributed by atoms with Gasteiger partial charge in [0.05, 0.1) is 0 Å². The fourth-order valence-corrected chi connectivity index (χ4v) is 2.17. The summed E-state index contributed by atoms with van der Waals surface area (Å²) in [5.74, 6) is -0.173. The Morgan fingerprint density at radius 2 is 2.16 bits per heavy atom. The summed E-state index contributed by atoms with van der Waals surface area (Å²) in [5.41, 5.74) is 0.670. The van der Waals surface area contributed by atoms with Gasteiger partial charge in [-0.1, -0.05) is 18.2 Å². The zero-order chi connectivity index (χ0) is 14.0. The van der Waals surface area contributed by atoms with Gasteiger partial charge in [-0.25, -0.2) is 4.39 Å². The predicted octanol–water partition coefficient (Wildman–Crippen LogP) is 2.00. The molecule has 1 aromatic carbocycles. The average molecular weight is 264 g/mol. The minimum absolute atomic E-state index is 0.0435. The Hall–Kier alpha value is -1.42. The Labute approximate surface area is 113 Å². The van der Waals surface area contributed by atoms with Crippen LogP contribution in [0.25, 0.3) is 0 Å². The first kappa shape index (κ1) is 14.0. The molecule has 104 valence electrons. The molecule has 19 heavy (non-hydrogen) atoms. The molecule has 0 radical (unpaired) electrons. The molecule has 1 amide bonds. The number of carbonyl (C=O) groups excluding carboxylic acids is 1. The van der Waals surface area contributed by atoms with E-state index in [4.69, 9.17) is 0 Å². The second kappa shape index (κ2) is 5.70. The summed E-state index contributed by atoms with van der Waals surface area (Å²) >= 11 is 0. The highest BCUT2D eigenvalue weighted by molar-refractivity contribution is 5.82. The molecular weight excluding hydrogens is 243 g/mol. The lowest BCUT2D eigenvalue weighted by atomic mass is 10.1. The van der Waals surface area contributed by atoms with Gasteiger partial charge in [-0.2, -0.15) is 0 Å². The van der Waals surface area contributed by atoms with E-state index in [2.05, 4.69) is 17.1 Å². The van der Waals surface area contributed by atoms with Crippen molar-refractivity contribution in [2.45, 2.75) is 25.3 Å². The minimum Gasteiger partial charge on any atom is -0.354 e. The Bertz CT molecular complexity index is 461. The number of benzene rings is 1. The molecule has 0 unspecified atom stereocenters. The number of hydrogen-bond acceptors (Lipinski definition) is 2. The number of nitrogens with one attached hydrogen (secondary N) is 1. The Balaban J connectivity index is 1.86. The average Bonchev–Trinajstić information content (AvgIpc) is 3.16. The first-order valence-electron chi connectivity index (χ1n) is 6.69. The molecule has 0 aromatic heterocycles. The topological polar surface area (TPSA) is 32.3 Å². The van der Waals surface area contributed by atoms with Gasteiger partial charge in [0, 0.05) is 18.5 Å². The summed E-state index contributed by atoms with van der Waals surface area (Å²) in [7, 11) is 3.96. The first-order chi connectivity index (χ1) is 9.00. The van der Waals surface area contributed by atoms with Crippen LogP contribution in [-0.2, 0) is 4.79 Å². The number of amides is 1. The molecule has 2 rings (SSSR count). The molecule has 1 saturated carbocycles. The standard InChI is InChI=1S/C15H21FN2O/c1-10(18(2)3)9-17-15(19)13-8-12(13)11-6-4-5-7-14(11)16/h4-7,10,12-13H,8-9H2,1-3H3,(H,17,19)/t10-,12-,13-/m1/s1. The van der Waals surface area contributed by atoms with Gasteiger partial charge < -0.3 is 10.2 Å². The molecule has 0 heterocycles. The molecule has 1 fully saturated rings. The lowest BCUT2D eigenvalue weighted by molar-refractivity contribution is -0.122. The van der Waals surface area contributed by atoms with Crippen LogP contribution in [-0.4, -0.2) is 37.5 Å². The van der Waals surface area contributed by atoms with E-state index in [1.165, 1.54) is 6.07 Å². The van der Waals surface area contributed by atoms with Crippen molar-refractivity contribution in [1.82, 2.24) is 10.2 Å². The van der Waals surface area contributed by atoms with Crippen LogP contribution in [0.2, 0.25) is 0 Å². The number of halogens is 1. The van der Waals surface area contributed by atoms with Gasteiger partial charge in [-0.05, 0) is 45.0 Å². The van der Waals surface area contributed by atoms with E-state index >= 15 is 0 Å². The second-order valence-corrected chi connectivity index (χ2v) is 5.53. The molecule has 1 aliphatic rings. The van der Waals surface area contributed by atoms with E-state index in [0.29, 0.717) is 18.2 Å². The highest BCUT2D eigenvalue weighted by Crippen LogP contribution is 2.48. The molecule has 0 spiro atoms. The van der Waals surface area contributed by atoms with E-state index in [9.17, 15) is 9.18 Å². The number of nitrogens with zero attached hydrogens (tertiary/aromatic N) is 1. The highest BCUT2D eigenvalue weighted by atomic mass is 19.1. The van der Waals surface area contributed by atoms with Crippen LogP contribution in [0.15, 0.2) is 24.3 Å². The van der Waals surface area contributed by atoms with Gasteiger partial charge in [0.25, 0.3) is 0 Å². The number of hydrogen-bond donors (Lipinski definition) is 1. The number of rotatable bonds is 5. The van der Waals surface area contributed by atoms with Crippen LogP contribution in [0.5, 0.6) is 0 Å². The maximum Gasteiger partial charge on any atom is 0.223 e. The number of likely N-dealkylation sites (N-methyl/N-ethyl adjacent to an activating group) is 1. The van der Waals surface area contributed by atoms with Gasteiger partial charge >= 0.3 is 0 Å². The van der Waals surface area contributed by atoms with Gasteiger partial charge in [-0.3, -0.25) is 4.79 Å². The van der Waals surface area contributed by atoms with Crippen molar-refractivity contribution in [3.05, 3.63) is 35.6 Å². The monoisotopic (exact) mass is 264 g/mol. The molecule has 1 N–H and O–H groups in total. The van der Waals surface area contributed by atoms with Gasteiger partial charge in [-0.15, -0.1) is 0 Å². The fourth-order valence-electron chi connectivity index (χ4n) is 2.17. The summed E-state index contributed by atoms with van der Waals surface area (Å²) in [6, 6.07) is 7.02. The molecular formula is C15H21FN2O. The smallest absolute Gasteiger partial charge is 0.223 e. The van der Waals surface area contributed by atoms with E-state index in [1.54, 1.807) is 12.1 Å². The van der Waals surface area contributed by atoms with Crippen LogP contribution in [0, 0.1) is 11.7 Å². The minimum atomic E-state index is -0.204. The maximum atomic E-state index is 13.6. The maximum absolute atomic E-state index is 13.6. The third-order valence-corrected chi connectivity index (χ3v) is 3.89. The molecule has 0 bridgehead atoms. The third kappa shape index (κ3) is 3.32. The summed E-state index contributed by atoms with van der Waals surface area (Å²) in [5, 5.41) is 2.94. The van der Waals surface area contributed by atoms with Crippen LogP contribution in [0.1, 0.15) is 24.8 Å². The Morgan fingerprint density at radius 3 is 2.79 bits per heavy atom. The van der Waals surface area contributed by atoms with E-state index in [1.807, 2.05) is 20.2 Å². The third-order valence-electron chi connectivity index (χ3n) is 3.89. The predicted molar refractivity (Wildman–Crippen MR) is 73.4 cm³/mol. The Kier molecular flexibility index (Phi) is 4.20. The summed E-state index contributed by atoms with van der Waals surface area (Å²) in [6.45, 7) is 2.69. The second-order valence-electron chi connectivity index (χ2n) is 5.53. The number of carbonyl (C=O) groups is 1. The summed E-state index contributed by atoms with van der Waals surface area (Å²) < 4.78 is 13.6. The molecule has 3 nitrogen and oxygen atoms in total. The normalized spacial score (nSPS) is 23.2. The molecule has 3 atom stereocenters. The van der Waals surface area contributed by atoms with Crippen molar-refractivity contribution in [2.24, 2.45) is 5.92 Å². The van der Waals surface area contributed by atoms with Crippen molar-refractivity contribution < 1.29 is 9.18 Å². The zero-order valence-corrected chi connectivity index (χ0v) is 11.7. The van der Waals surface area contributed by atoms with E-state index in [-0.39, 0.29) is 23.6 Å². The molecule has 0 aliphatic heterocycles. The van der Waals surface area contributed by atoms with Crippen molar-refractivity contribution in [1.29, 1.82) is 0 Å². The molecule has 1 aromatic rings.